The van der Waals surface area contributed by atoms with Gasteiger partial charge in [-0.3, -0.25) is 4.98 Å². The normalized spacial score (nSPS) is 22.1. The van der Waals surface area contributed by atoms with E-state index in [4.69, 9.17) is 23.2 Å². The van der Waals surface area contributed by atoms with Crippen molar-refractivity contribution in [2.75, 3.05) is 18.0 Å². The monoisotopic (exact) mass is 481 g/mol. The van der Waals surface area contributed by atoms with Crippen LogP contribution in [0.15, 0.2) is 24.7 Å². The largest absolute Gasteiger partial charge is 0.598 e. The summed E-state index contributed by atoms with van der Waals surface area (Å²) in [4.78, 5) is 15.5. The fourth-order valence-corrected chi connectivity index (χ4v) is 5.99. The minimum Gasteiger partial charge on any atom is -0.598 e. The third-order valence-electron chi connectivity index (χ3n) is 6.56. The second-order valence-corrected chi connectivity index (χ2v) is 12.3. The molecule has 168 valence electrons. The van der Waals surface area contributed by atoms with Crippen LogP contribution in [-0.4, -0.2) is 43.4 Å². The highest BCUT2D eigenvalue weighted by Gasteiger charge is 2.47. The molecule has 0 unspecified atom stereocenters. The molecule has 3 heterocycles. The lowest BCUT2D eigenvalue weighted by molar-refractivity contribution is 0.186. The molecule has 2 atom stereocenters. The summed E-state index contributed by atoms with van der Waals surface area (Å²) in [6.07, 6.45) is 10.8. The van der Waals surface area contributed by atoms with Crippen LogP contribution in [0.2, 0.25) is 10.2 Å². The summed E-state index contributed by atoms with van der Waals surface area (Å²) in [5, 5.41) is 0.650. The van der Waals surface area contributed by atoms with Gasteiger partial charge in [0, 0.05) is 36.2 Å². The molecule has 0 radical (unpaired) electrons. The zero-order valence-corrected chi connectivity index (χ0v) is 20.5. The SMILES string of the molecule is CC(C)(C)[S@@+]([O-])N[C@@H]1CCCC12CCN(c1cnc(-c3ccnc(Cl)c3Cl)cn1)CC2. The van der Waals surface area contributed by atoms with E-state index in [-0.39, 0.29) is 15.3 Å². The van der Waals surface area contributed by atoms with Crippen LogP contribution >= 0.6 is 23.2 Å². The van der Waals surface area contributed by atoms with E-state index in [0.29, 0.717) is 16.8 Å². The maximum Gasteiger partial charge on any atom is 0.148 e. The van der Waals surface area contributed by atoms with Crippen molar-refractivity contribution in [2.45, 2.75) is 63.7 Å². The number of hydrogen-bond donors (Lipinski definition) is 1. The number of nitrogens with one attached hydrogen (secondary N) is 1. The maximum absolute atomic E-state index is 12.7. The van der Waals surface area contributed by atoms with E-state index in [1.807, 2.05) is 20.8 Å². The zero-order chi connectivity index (χ0) is 22.2. The molecule has 0 amide bonds. The van der Waals surface area contributed by atoms with Crippen LogP contribution in [0.5, 0.6) is 0 Å². The van der Waals surface area contributed by atoms with Gasteiger partial charge in [0.15, 0.2) is 0 Å². The van der Waals surface area contributed by atoms with Crippen LogP contribution in [0.1, 0.15) is 52.9 Å². The van der Waals surface area contributed by atoms with Gasteiger partial charge in [-0.25, -0.2) is 9.97 Å². The van der Waals surface area contributed by atoms with Gasteiger partial charge in [0.25, 0.3) is 0 Å². The van der Waals surface area contributed by atoms with Gasteiger partial charge in [-0.2, -0.15) is 0 Å². The predicted octanol–water partition coefficient (Wildman–Crippen LogP) is 5.04. The van der Waals surface area contributed by atoms with Gasteiger partial charge in [-0.1, -0.05) is 29.6 Å². The Balaban J connectivity index is 1.42. The Morgan fingerprint density at radius 3 is 2.52 bits per heavy atom. The molecule has 2 aromatic heterocycles. The van der Waals surface area contributed by atoms with Crippen molar-refractivity contribution in [3.63, 3.8) is 0 Å². The topological polar surface area (TPSA) is 77.0 Å². The van der Waals surface area contributed by atoms with Gasteiger partial charge in [-0.15, -0.1) is 4.72 Å². The number of rotatable bonds is 4. The van der Waals surface area contributed by atoms with E-state index >= 15 is 0 Å². The van der Waals surface area contributed by atoms with Gasteiger partial charge in [-0.05, 0) is 57.9 Å². The van der Waals surface area contributed by atoms with E-state index in [0.717, 1.165) is 43.7 Å². The average molecular weight is 482 g/mol. The van der Waals surface area contributed by atoms with Crippen LogP contribution in [-0.2, 0) is 11.4 Å². The molecular formula is C22H29Cl2N5OS. The molecule has 1 spiro atoms. The van der Waals surface area contributed by atoms with Gasteiger partial charge in [0.1, 0.15) is 15.7 Å². The smallest absolute Gasteiger partial charge is 0.148 e. The number of anilines is 1. The van der Waals surface area contributed by atoms with Gasteiger partial charge >= 0.3 is 0 Å². The van der Waals surface area contributed by atoms with Crippen molar-refractivity contribution in [3.05, 3.63) is 34.8 Å². The van der Waals surface area contributed by atoms with Crippen LogP contribution in [0.4, 0.5) is 5.82 Å². The van der Waals surface area contributed by atoms with Crippen LogP contribution < -0.4 is 9.62 Å². The number of nitrogens with zero attached hydrogens (tertiary/aromatic N) is 4. The summed E-state index contributed by atoms with van der Waals surface area (Å²) in [7, 11) is 0. The fourth-order valence-electron chi connectivity index (χ4n) is 4.65. The van der Waals surface area contributed by atoms with E-state index in [1.54, 1.807) is 24.7 Å². The summed E-state index contributed by atoms with van der Waals surface area (Å²) in [5.74, 6) is 0.871. The van der Waals surface area contributed by atoms with Crippen molar-refractivity contribution in [3.8, 4) is 11.3 Å². The molecule has 4 rings (SSSR count). The van der Waals surface area contributed by atoms with Crippen LogP contribution in [0, 0.1) is 5.41 Å². The molecule has 31 heavy (non-hydrogen) atoms. The lowest BCUT2D eigenvalue weighted by Gasteiger charge is -2.44. The Labute approximate surface area is 197 Å². The highest BCUT2D eigenvalue weighted by molar-refractivity contribution is 7.90. The minimum absolute atomic E-state index is 0.228. The first-order chi connectivity index (χ1) is 14.7. The van der Waals surface area contributed by atoms with Crippen molar-refractivity contribution >= 4 is 40.4 Å². The number of aromatic nitrogens is 3. The predicted molar refractivity (Wildman–Crippen MR) is 128 cm³/mol. The Morgan fingerprint density at radius 2 is 1.87 bits per heavy atom. The summed E-state index contributed by atoms with van der Waals surface area (Å²) in [6, 6.07) is 2.11. The molecule has 9 heteroatoms. The summed E-state index contributed by atoms with van der Waals surface area (Å²) < 4.78 is 15.9. The van der Waals surface area contributed by atoms with Crippen LogP contribution in [0.25, 0.3) is 11.3 Å². The Bertz CT molecular complexity index is 913. The number of pyridine rings is 1. The second kappa shape index (κ2) is 9.02. The first kappa shape index (κ1) is 23.1. The molecule has 0 aromatic carbocycles. The first-order valence-electron chi connectivity index (χ1n) is 10.7. The number of hydrogen-bond acceptors (Lipinski definition) is 6. The minimum atomic E-state index is -1.03. The van der Waals surface area contributed by atoms with E-state index in [9.17, 15) is 4.55 Å². The second-order valence-electron chi connectivity index (χ2n) is 9.52. The van der Waals surface area contributed by atoms with Crippen molar-refractivity contribution in [2.24, 2.45) is 5.41 Å². The maximum atomic E-state index is 12.7. The third-order valence-corrected chi connectivity index (χ3v) is 8.93. The van der Waals surface area contributed by atoms with E-state index in [2.05, 4.69) is 24.6 Å². The summed E-state index contributed by atoms with van der Waals surface area (Å²) in [6.45, 7) is 7.92. The quantitative estimate of drug-likeness (QED) is 0.486. The summed E-state index contributed by atoms with van der Waals surface area (Å²) in [5.41, 5.74) is 1.63. The lowest BCUT2D eigenvalue weighted by atomic mass is 9.74. The molecule has 1 N–H and O–H groups in total. The number of piperidine rings is 1. The molecule has 1 aliphatic heterocycles. The van der Waals surface area contributed by atoms with E-state index in [1.165, 1.54) is 12.8 Å². The average Bonchev–Trinajstić information content (AvgIpc) is 3.12. The fraction of sp³-hybridized carbons (Fsp3) is 0.591. The Morgan fingerprint density at radius 1 is 1.13 bits per heavy atom. The highest BCUT2D eigenvalue weighted by atomic mass is 35.5. The molecule has 0 bridgehead atoms. The summed E-state index contributed by atoms with van der Waals surface area (Å²) >= 11 is 11.2. The van der Waals surface area contributed by atoms with Crippen LogP contribution in [0.3, 0.4) is 0 Å². The Kier molecular flexibility index (Phi) is 6.71. The van der Waals surface area contributed by atoms with Crippen molar-refractivity contribution in [1.29, 1.82) is 0 Å². The highest BCUT2D eigenvalue weighted by Crippen LogP contribution is 2.47. The lowest BCUT2D eigenvalue weighted by Crippen LogP contribution is -2.53. The van der Waals surface area contributed by atoms with Gasteiger partial charge in [0.05, 0.1) is 29.2 Å². The molecule has 6 nitrogen and oxygen atoms in total. The standard InChI is InChI=1S/C22H29Cl2N5OS/c1-21(2,3)31(30)28-17-5-4-7-22(17)8-11-29(12-9-22)18-14-26-16(13-27-18)15-6-10-25-20(24)19(15)23/h6,10,13-14,17,28H,4-5,7-9,11-12H2,1-3H3/t17-,31-/m1/s1. The van der Waals surface area contributed by atoms with Gasteiger partial charge in [0.2, 0.25) is 0 Å². The van der Waals surface area contributed by atoms with E-state index < -0.39 is 11.4 Å². The molecule has 1 saturated heterocycles. The molecular weight excluding hydrogens is 453 g/mol. The molecule has 1 saturated carbocycles. The first-order valence-corrected chi connectivity index (χ1v) is 12.7. The zero-order valence-electron chi connectivity index (χ0n) is 18.2. The van der Waals surface area contributed by atoms with Crippen molar-refractivity contribution in [1.82, 2.24) is 19.7 Å². The molecule has 1 aliphatic carbocycles. The molecule has 2 aromatic rings. The van der Waals surface area contributed by atoms with Crippen molar-refractivity contribution < 1.29 is 4.55 Å². The van der Waals surface area contributed by atoms with Gasteiger partial charge < -0.3 is 9.45 Å². The third kappa shape index (κ3) is 4.81. The molecule has 2 fully saturated rings. The number of halogens is 2. The Hall–Kier alpha value is -1.12. The molecule has 2 aliphatic rings.